The van der Waals surface area contributed by atoms with Crippen molar-refractivity contribution in [3.8, 4) is 16.8 Å². The summed E-state index contributed by atoms with van der Waals surface area (Å²) >= 11 is 3.45. The first-order valence-corrected chi connectivity index (χ1v) is 14.0. The van der Waals surface area contributed by atoms with Crippen LogP contribution >= 0.6 is 15.9 Å². The van der Waals surface area contributed by atoms with Gasteiger partial charge in [-0.3, -0.25) is 9.59 Å². The molecule has 196 valence electrons. The maximum atomic E-state index is 13.2. The summed E-state index contributed by atoms with van der Waals surface area (Å²) in [5.41, 5.74) is 6.72. The SMILES string of the molecule is O=C(O)CC(CC(=O)c1ccc(-c2ccc(Br)cc2)cc1)c1ccc(-n2c3ccccc3c3ccccc32)cc1. The predicted octanol–water partition coefficient (Wildman–Crippen LogP) is 9.04. The molecule has 0 saturated carbocycles. The minimum atomic E-state index is -0.921. The number of para-hydroxylation sites is 2. The zero-order valence-electron chi connectivity index (χ0n) is 21.6. The van der Waals surface area contributed by atoms with Crippen LogP contribution in [0, 0.1) is 0 Å². The van der Waals surface area contributed by atoms with E-state index in [9.17, 15) is 14.7 Å². The van der Waals surface area contributed by atoms with Gasteiger partial charge in [0, 0.05) is 38.8 Å². The quantitative estimate of drug-likeness (QED) is 0.181. The number of fused-ring (bicyclic) bond motifs is 3. The van der Waals surface area contributed by atoms with E-state index in [1.807, 2.05) is 97.1 Å². The van der Waals surface area contributed by atoms with Crippen molar-refractivity contribution >= 4 is 49.5 Å². The van der Waals surface area contributed by atoms with Gasteiger partial charge < -0.3 is 9.67 Å². The molecule has 5 aromatic carbocycles. The summed E-state index contributed by atoms with van der Waals surface area (Å²) in [4.78, 5) is 25.0. The standard InChI is InChI=1S/C35H26BrNO3/c36-28-17-13-24(14-18-28)23-9-11-26(12-10-23)34(38)21-27(22-35(39)40)25-15-19-29(20-16-25)37-32-7-3-1-5-30(32)31-6-2-4-8-33(31)37/h1-20,27H,21-22H2,(H,39,40). The van der Waals surface area contributed by atoms with Crippen LogP contribution in [0.25, 0.3) is 38.6 Å². The molecule has 1 heterocycles. The third-order valence-electron chi connectivity index (χ3n) is 7.44. The second kappa shape index (κ2) is 10.9. The average Bonchev–Trinajstić information content (AvgIpc) is 3.32. The molecule has 0 spiro atoms. The smallest absolute Gasteiger partial charge is 0.303 e. The Bertz CT molecular complexity index is 1780. The molecule has 0 amide bonds. The molecule has 1 N–H and O–H groups in total. The van der Waals surface area contributed by atoms with Crippen molar-refractivity contribution < 1.29 is 14.7 Å². The fourth-order valence-electron chi connectivity index (χ4n) is 5.45. The number of Topliss-reactive ketones (excluding diaryl/α,β-unsaturated/α-hetero) is 1. The molecule has 0 fully saturated rings. The molecule has 0 saturated heterocycles. The number of carbonyl (C=O) groups is 2. The Hall–Kier alpha value is -4.48. The number of rotatable bonds is 8. The lowest BCUT2D eigenvalue weighted by atomic mass is 9.88. The summed E-state index contributed by atoms with van der Waals surface area (Å²) in [5, 5.41) is 12.0. The molecule has 6 rings (SSSR count). The lowest BCUT2D eigenvalue weighted by Gasteiger charge is -2.16. The van der Waals surface area contributed by atoms with Crippen molar-refractivity contribution in [1.82, 2.24) is 4.57 Å². The van der Waals surface area contributed by atoms with Crippen LogP contribution in [0.1, 0.15) is 34.7 Å². The molecule has 0 radical (unpaired) electrons. The molecular weight excluding hydrogens is 562 g/mol. The molecular formula is C35H26BrNO3. The fourth-order valence-corrected chi connectivity index (χ4v) is 5.71. The van der Waals surface area contributed by atoms with Crippen LogP contribution in [-0.2, 0) is 4.79 Å². The summed E-state index contributed by atoms with van der Waals surface area (Å²) in [6.45, 7) is 0. The van der Waals surface area contributed by atoms with Gasteiger partial charge >= 0.3 is 5.97 Å². The van der Waals surface area contributed by atoms with Crippen LogP contribution in [-0.4, -0.2) is 21.4 Å². The van der Waals surface area contributed by atoms with Crippen LogP contribution in [0.2, 0.25) is 0 Å². The van der Waals surface area contributed by atoms with Crippen LogP contribution < -0.4 is 0 Å². The second-order valence-corrected chi connectivity index (χ2v) is 10.9. The normalized spacial score (nSPS) is 12.0. The number of benzene rings is 5. The number of ketones is 1. The van der Waals surface area contributed by atoms with Gasteiger partial charge in [-0.1, -0.05) is 101 Å². The van der Waals surface area contributed by atoms with Gasteiger partial charge in [-0.15, -0.1) is 0 Å². The number of carboxylic acids is 1. The third kappa shape index (κ3) is 5.08. The molecule has 4 nitrogen and oxygen atoms in total. The highest BCUT2D eigenvalue weighted by molar-refractivity contribution is 9.10. The van der Waals surface area contributed by atoms with Crippen molar-refractivity contribution in [1.29, 1.82) is 0 Å². The van der Waals surface area contributed by atoms with E-state index < -0.39 is 11.9 Å². The van der Waals surface area contributed by atoms with Crippen molar-refractivity contribution in [3.05, 3.63) is 137 Å². The minimum absolute atomic E-state index is 0.0694. The summed E-state index contributed by atoms with van der Waals surface area (Å²) in [6.07, 6.45) is 0.0100. The van der Waals surface area contributed by atoms with Gasteiger partial charge in [0.15, 0.2) is 5.78 Å². The Morgan fingerprint density at radius 2 is 1.18 bits per heavy atom. The van der Waals surface area contributed by atoms with Gasteiger partial charge in [-0.25, -0.2) is 0 Å². The highest BCUT2D eigenvalue weighted by Crippen LogP contribution is 2.33. The number of carbonyl (C=O) groups excluding carboxylic acids is 1. The van der Waals surface area contributed by atoms with E-state index >= 15 is 0 Å². The van der Waals surface area contributed by atoms with Gasteiger partial charge in [-0.2, -0.15) is 0 Å². The number of carboxylic acid groups (broad SMARTS) is 1. The van der Waals surface area contributed by atoms with Crippen LogP contribution in [0.15, 0.2) is 126 Å². The summed E-state index contributed by atoms with van der Waals surface area (Å²) in [7, 11) is 0. The van der Waals surface area contributed by atoms with E-state index in [1.54, 1.807) is 0 Å². The molecule has 1 atom stereocenters. The summed E-state index contributed by atoms with van der Waals surface area (Å²) in [5.74, 6) is -1.42. The Labute approximate surface area is 240 Å². The Morgan fingerprint density at radius 3 is 1.73 bits per heavy atom. The summed E-state index contributed by atoms with van der Waals surface area (Å²) < 4.78 is 3.23. The number of hydrogen-bond donors (Lipinski definition) is 1. The van der Waals surface area contributed by atoms with Crippen LogP contribution in [0.3, 0.4) is 0 Å². The monoisotopic (exact) mass is 587 g/mol. The van der Waals surface area contributed by atoms with Crippen molar-refractivity contribution in [2.45, 2.75) is 18.8 Å². The van der Waals surface area contributed by atoms with E-state index in [1.165, 1.54) is 10.8 Å². The first-order chi connectivity index (χ1) is 19.5. The number of aliphatic carboxylic acids is 1. The molecule has 40 heavy (non-hydrogen) atoms. The van der Waals surface area contributed by atoms with Gasteiger partial charge in [0.05, 0.1) is 17.5 Å². The number of nitrogens with zero attached hydrogens (tertiary/aromatic N) is 1. The summed E-state index contributed by atoms with van der Waals surface area (Å²) in [6, 6.07) is 40.1. The Morgan fingerprint density at radius 1 is 0.650 bits per heavy atom. The van der Waals surface area contributed by atoms with E-state index in [-0.39, 0.29) is 18.6 Å². The van der Waals surface area contributed by atoms with E-state index in [0.29, 0.717) is 5.56 Å². The zero-order chi connectivity index (χ0) is 27.6. The van der Waals surface area contributed by atoms with Crippen LogP contribution in [0.5, 0.6) is 0 Å². The fraction of sp³-hybridized carbons (Fsp3) is 0.0857. The second-order valence-electron chi connectivity index (χ2n) is 9.97. The number of aromatic nitrogens is 1. The Balaban J connectivity index is 1.27. The number of hydrogen-bond acceptors (Lipinski definition) is 2. The van der Waals surface area contributed by atoms with E-state index in [0.717, 1.165) is 37.9 Å². The lowest BCUT2D eigenvalue weighted by Crippen LogP contribution is -2.12. The molecule has 0 bridgehead atoms. The first-order valence-electron chi connectivity index (χ1n) is 13.2. The maximum Gasteiger partial charge on any atom is 0.303 e. The third-order valence-corrected chi connectivity index (χ3v) is 7.97. The molecule has 5 heteroatoms. The first kappa shape index (κ1) is 25.8. The van der Waals surface area contributed by atoms with Crippen molar-refractivity contribution in [3.63, 3.8) is 0 Å². The van der Waals surface area contributed by atoms with E-state index in [4.69, 9.17) is 0 Å². The molecule has 1 aromatic heterocycles. The van der Waals surface area contributed by atoms with E-state index in [2.05, 4.69) is 44.8 Å². The van der Waals surface area contributed by atoms with Gasteiger partial charge in [0.1, 0.15) is 0 Å². The average molecular weight is 589 g/mol. The molecule has 0 aliphatic carbocycles. The van der Waals surface area contributed by atoms with Gasteiger partial charge in [0.25, 0.3) is 0 Å². The molecule has 0 aliphatic rings. The van der Waals surface area contributed by atoms with Gasteiger partial charge in [0.2, 0.25) is 0 Å². The molecule has 0 aliphatic heterocycles. The molecule has 6 aromatic rings. The highest BCUT2D eigenvalue weighted by Gasteiger charge is 2.21. The molecule has 1 unspecified atom stereocenters. The minimum Gasteiger partial charge on any atom is -0.481 e. The van der Waals surface area contributed by atoms with Crippen LogP contribution in [0.4, 0.5) is 0 Å². The lowest BCUT2D eigenvalue weighted by molar-refractivity contribution is -0.137. The number of halogens is 1. The predicted molar refractivity (Wildman–Crippen MR) is 164 cm³/mol. The Kier molecular flexibility index (Phi) is 7.06. The maximum absolute atomic E-state index is 13.2. The van der Waals surface area contributed by atoms with Crippen molar-refractivity contribution in [2.24, 2.45) is 0 Å². The topological polar surface area (TPSA) is 59.3 Å². The largest absolute Gasteiger partial charge is 0.481 e. The highest BCUT2D eigenvalue weighted by atomic mass is 79.9. The van der Waals surface area contributed by atoms with Gasteiger partial charge in [-0.05, 0) is 53.1 Å². The zero-order valence-corrected chi connectivity index (χ0v) is 23.2. The van der Waals surface area contributed by atoms with Crippen molar-refractivity contribution in [2.75, 3.05) is 0 Å².